The number of aryl methyl sites for hydroxylation is 2. The van der Waals surface area contributed by atoms with Crippen molar-refractivity contribution in [2.75, 3.05) is 43.5 Å². The van der Waals surface area contributed by atoms with Crippen molar-refractivity contribution in [1.29, 1.82) is 0 Å². The van der Waals surface area contributed by atoms with E-state index in [-0.39, 0.29) is 11.8 Å². The van der Waals surface area contributed by atoms with E-state index in [2.05, 4.69) is 20.4 Å². The summed E-state index contributed by atoms with van der Waals surface area (Å²) in [5, 5.41) is 6.89. The summed E-state index contributed by atoms with van der Waals surface area (Å²) in [5.74, 6) is 1.82. The first-order chi connectivity index (χ1) is 13.9. The molecule has 0 bridgehead atoms. The van der Waals surface area contributed by atoms with Gasteiger partial charge in [0.05, 0.1) is 18.5 Å². The monoisotopic (exact) mass is 401 g/mol. The van der Waals surface area contributed by atoms with Gasteiger partial charge in [0.2, 0.25) is 17.7 Å². The van der Waals surface area contributed by atoms with Crippen LogP contribution in [-0.4, -0.2) is 60.1 Å². The Morgan fingerprint density at radius 2 is 1.93 bits per heavy atom. The van der Waals surface area contributed by atoms with Gasteiger partial charge in [-0.3, -0.25) is 9.59 Å². The predicted octanol–water partition coefficient (Wildman–Crippen LogP) is 1.93. The molecule has 3 heterocycles. The summed E-state index contributed by atoms with van der Waals surface area (Å²) in [6.45, 7) is 7.81. The Balaban J connectivity index is 1.70. The SMILES string of the molecule is COc1ccc(NC(=O)CCc2c(C)noc2C)c(N2CCN(C(C)=O)CC2)n1. The molecule has 0 aromatic carbocycles. The molecule has 2 aromatic rings. The largest absolute Gasteiger partial charge is 0.481 e. The van der Waals surface area contributed by atoms with Crippen LogP contribution in [0.3, 0.4) is 0 Å². The lowest BCUT2D eigenvalue weighted by molar-refractivity contribution is -0.129. The number of hydrogen-bond donors (Lipinski definition) is 1. The molecule has 1 fully saturated rings. The minimum absolute atomic E-state index is 0.0658. The lowest BCUT2D eigenvalue weighted by Crippen LogP contribution is -2.48. The number of rotatable bonds is 6. The third kappa shape index (κ3) is 4.85. The van der Waals surface area contributed by atoms with Gasteiger partial charge in [-0.05, 0) is 26.3 Å². The van der Waals surface area contributed by atoms with Crippen LogP contribution >= 0.6 is 0 Å². The number of amides is 2. The molecule has 0 aliphatic carbocycles. The number of carbonyl (C=O) groups is 2. The van der Waals surface area contributed by atoms with Crippen molar-refractivity contribution < 1.29 is 18.8 Å². The van der Waals surface area contributed by atoms with Crippen LogP contribution < -0.4 is 15.0 Å². The molecule has 29 heavy (non-hydrogen) atoms. The topological polar surface area (TPSA) is 101 Å². The smallest absolute Gasteiger partial charge is 0.224 e. The van der Waals surface area contributed by atoms with Gasteiger partial charge in [-0.15, -0.1) is 0 Å². The van der Waals surface area contributed by atoms with E-state index in [9.17, 15) is 9.59 Å². The molecule has 2 amide bonds. The molecule has 9 nitrogen and oxygen atoms in total. The van der Waals surface area contributed by atoms with Crippen LogP contribution in [0.15, 0.2) is 16.7 Å². The predicted molar refractivity (Wildman–Crippen MR) is 108 cm³/mol. The van der Waals surface area contributed by atoms with Crippen LogP contribution in [0, 0.1) is 13.8 Å². The van der Waals surface area contributed by atoms with Gasteiger partial charge in [0, 0.05) is 51.2 Å². The normalized spacial score (nSPS) is 14.1. The molecule has 0 radical (unpaired) electrons. The highest BCUT2D eigenvalue weighted by molar-refractivity contribution is 5.94. The van der Waals surface area contributed by atoms with Crippen molar-refractivity contribution in [1.82, 2.24) is 15.0 Å². The number of pyridine rings is 1. The second-order valence-corrected chi connectivity index (χ2v) is 7.07. The summed E-state index contributed by atoms with van der Waals surface area (Å²) in [6.07, 6.45) is 0.871. The fourth-order valence-corrected chi connectivity index (χ4v) is 3.43. The molecule has 1 aliphatic heterocycles. The molecule has 1 aliphatic rings. The highest BCUT2D eigenvalue weighted by atomic mass is 16.5. The van der Waals surface area contributed by atoms with Crippen molar-refractivity contribution in [3.8, 4) is 5.88 Å². The van der Waals surface area contributed by atoms with Crippen molar-refractivity contribution in [2.45, 2.75) is 33.6 Å². The van der Waals surface area contributed by atoms with Crippen molar-refractivity contribution >= 4 is 23.3 Å². The highest BCUT2D eigenvalue weighted by Gasteiger charge is 2.23. The van der Waals surface area contributed by atoms with Crippen LogP contribution in [0.5, 0.6) is 5.88 Å². The number of carbonyl (C=O) groups excluding carboxylic acids is 2. The lowest BCUT2D eigenvalue weighted by atomic mass is 10.1. The van der Waals surface area contributed by atoms with Gasteiger partial charge in [-0.1, -0.05) is 5.16 Å². The number of hydrogen-bond acceptors (Lipinski definition) is 7. The van der Waals surface area contributed by atoms with Crippen molar-refractivity contribution in [2.24, 2.45) is 0 Å². The van der Waals surface area contributed by atoms with E-state index in [4.69, 9.17) is 9.26 Å². The number of nitrogens with zero attached hydrogens (tertiary/aromatic N) is 4. The zero-order chi connectivity index (χ0) is 21.0. The maximum absolute atomic E-state index is 12.6. The van der Waals surface area contributed by atoms with E-state index in [1.54, 1.807) is 31.1 Å². The van der Waals surface area contributed by atoms with E-state index in [1.165, 1.54) is 0 Å². The molecule has 156 valence electrons. The van der Waals surface area contributed by atoms with E-state index in [0.717, 1.165) is 17.0 Å². The number of aromatic nitrogens is 2. The number of piperazine rings is 1. The Labute approximate surface area is 170 Å². The third-order valence-corrected chi connectivity index (χ3v) is 5.14. The van der Waals surface area contributed by atoms with Crippen molar-refractivity contribution in [3.63, 3.8) is 0 Å². The number of ether oxygens (including phenoxy) is 1. The molecule has 1 saturated heterocycles. The van der Waals surface area contributed by atoms with Gasteiger partial charge < -0.3 is 24.4 Å². The molecule has 0 atom stereocenters. The minimum atomic E-state index is -0.111. The molecule has 9 heteroatoms. The quantitative estimate of drug-likeness (QED) is 0.789. The Kier molecular flexibility index (Phi) is 6.36. The summed E-state index contributed by atoms with van der Waals surface area (Å²) >= 11 is 0. The molecule has 1 N–H and O–H groups in total. The average Bonchev–Trinajstić information content (AvgIpc) is 3.04. The van der Waals surface area contributed by atoms with Gasteiger partial charge in [-0.2, -0.15) is 4.98 Å². The molecule has 0 saturated carbocycles. The van der Waals surface area contributed by atoms with E-state index in [1.807, 2.05) is 13.8 Å². The number of methoxy groups -OCH3 is 1. The fraction of sp³-hybridized carbons (Fsp3) is 0.500. The van der Waals surface area contributed by atoms with Gasteiger partial charge >= 0.3 is 0 Å². The maximum Gasteiger partial charge on any atom is 0.224 e. The van der Waals surface area contributed by atoms with Gasteiger partial charge in [-0.25, -0.2) is 0 Å². The van der Waals surface area contributed by atoms with E-state index >= 15 is 0 Å². The van der Waals surface area contributed by atoms with Crippen LogP contribution in [0.2, 0.25) is 0 Å². The third-order valence-electron chi connectivity index (χ3n) is 5.14. The second-order valence-electron chi connectivity index (χ2n) is 7.07. The van der Waals surface area contributed by atoms with Crippen LogP contribution in [0.4, 0.5) is 11.5 Å². The van der Waals surface area contributed by atoms with Gasteiger partial charge in [0.1, 0.15) is 5.76 Å². The summed E-state index contributed by atoms with van der Waals surface area (Å²) in [4.78, 5) is 32.5. The standard InChI is InChI=1S/C20H27N5O4/c1-13-16(14(2)29-23-13)5-7-18(27)21-17-6-8-19(28-4)22-20(17)25-11-9-24(10-12-25)15(3)26/h6,8H,5,7,9-12H2,1-4H3,(H,21,27). The zero-order valence-electron chi connectivity index (χ0n) is 17.3. The fourth-order valence-electron chi connectivity index (χ4n) is 3.43. The summed E-state index contributed by atoms with van der Waals surface area (Å²) in [7, 11) is 1.56. The summed E-state index contributed by atoms with van der Waals surface area (Å²) < 4.78 is 10.4. The highest BCUT2D eigenvalue weighted by Crippen LogP contribution is 2.28. The summed E-state index contributed by atoms with van der Waals surface area (Å²) in [5.41, 5.74) is 2.41. The van der Waals surface area contributed by atoms with E-state index < -0.39 is 0 Å². The molecule has 0 unspecified atom stereocenters. The molecule has 3 rings (SSSR count). The lowest BCUT2D eigenvalue weighted by Gasteiger charge is -2.35. The van der Waals surface area contributed by atoms with Gasteiger partial charge in [0.25, 0.3) is 0 Å². The molecular weight excluding hydrogens is 374 g/mol. The first-order valence-electron chi connectivity index (χ1n) is 9.66. The number of anilines is 2. The summed E-state index contributed by atoms with van der Waals surface area (Å²) in [6, 6.07) is 3.52. The van der Waals surface area contributed by atoms with Crippen LogP contribution in [0.1, 0.15) is 30.4 Å². The Morgan fingerprint density at radius 1 is 1.21 bits per heavy atom. The molecular formula is C20H27N5O4. The number of nitrogens with one attached hydrogen (secondary N) is 1. The van der Waals surface area contributed by atoms with Crippen LogP contribution in [0.25, 0.3) is 0 Å². The average molecular weight is 401 g/mol. The molecule has 2 aromatic heterocycles. The molecule has 0 spiro atoms. The Morgan fingerprint density at radius 3 is 2.52 bits per heavy atom. The van der Waals surface area contributed by atoms with Crippen LogP contribution in [-0.2, 0) is 16.0 Å². The van der Waals surface area contributed by atoms with Crippen molar-refractivity contribution in [3.05, 3.63) is 29.2 Å². The second kappa shape index (κ2) is 8.93. The Hall–Kier alpha value is -3.10. The minimum Gasteiger partial charge on any atom is -0.481 e. The first kappa shape index (κ1) is 20.6. The Bertz CT molecular complexity index is 867. The zero-order valence-corrected chi connectivity index (χ0v) is 17.3. The van der Waals surface area contributed by atoms with Gasteiger partial charge in [0.15, 0.2) is 5.82 Å². The van der Waals surface area contributed by atoms with E-state index in [0.29, 0.717) is 56.4 Å². The maximum atomic E-state index is 12.6. The first-order valence-corrected chi connectivity index (χ1v) is 9.66.